The molecule has 0 aliphatic carbocycles. The van der Waals surface area contributed by atoms with Gasteiger partial charge in [0, 0.05) is 13.1 Å². The van der Waals surface area contributed by atoms with Crippen LogP contribution in [-0.4, -0.2) is 49.3 Å². The van der Waals surface area contributed by atoms with Crippen molar-refractivity contribution in [1.82, 2.24) is 4.90 Å². The first-order chi connectivity index (χ1) is 5.75. The number of carbonyl (C=O) groups is 1. The van der Waals surface area contributed by atoms with Crippen molar-refractivity contribution in [2.45, 2.75) is 0 Å². The molecular weight excluding hydrogens is 178 g/mol. The molecule has 68 valence electrons. The molecule has 1 aliphatic heterocycles. The number of ether oxygens (including phenoxy) is 2. The Hall–Kier alpha value is -0.680. The number of rotatable bonds is 0. The van der Waals surface area contributed by atoms with Gasteiger partial charge in [0.1, 0.15) is 0 Å². The summed E-state index contributed by atoms with van der Waals surface area (Å²) in [5.41, 5.74) is 0. The summed E-state index contributed by atoms with van der Waals surface area (Å²) in [6, 6.07) is 0. The Bertz CT molecular complexity index is 189. The van der Waals surface area contributed by atoms with E-state index in [1.54, 1.807) is 4.90 Å². The van der Waals surface area contributed by atoms with Crippen molar-refractivity contribution < 1.29 is 14.3 Å². The van der Waals surface area contributed by atoms with Gasteiger partial charge >= 0.3 is 5.97 Å². The Morgan fingerprint density at radius 1 is 1.50 bits per heavy atom. The monoisotopic (exact) mass is 189 g/mol. The highest BCUT2D eigenvalue weighted by Gasteiger charge is 2.19. The van der Waals surface area contributed by atoms with Gasteiger partial charge < -0.3 is 14.4 Å². The van der Waals surface area contributed by atoms with Gasteiger partial charge in [-0.05, 0) is 0 Å². The lowest BCUT2D eigenvalue weighted by molar-refractivity contribution is -0.133. The number of morpholine rings is 1. The Balaban J connectivity index is 2.45. The second-order valence-electron chi connectivity index (χ2n) is 2.40. The van der Waals surface area contributed by atoms with E-state index >= 15 is 0 Å². The summed E-state index contributed by atoms with van der Waals surface area (Å²) < 4.78 is 9.61. The van der Waals surface area contributed by atoms with Crippen LogP contribution in [0.15, 0.2) is 0 Å². The summed E-state index contributed by atoms with van der Waals surface area (Å²) in [6.07, 6.45) is 0. The highest BCUT2D eigenvalue weighted by molar-refractivity contribution is 7.81. The Kier molecular flexibility index (Phi) is 3.43. The molecule has 4 nitrogen and oxygen atoms in total. The van der Waals surface area contributed by atoms with Crippen LogP contribution in [0.2, 0.25) is 0 Å². The fraction of sp³-hybridized carbons (Fsp3) is 0.714. The molecule has 12 heavy (non-hydrogen) atoms. The van der Waals surface area contributed by atoms with Crippen LogP contribution in [0.25, 0.3) is 0 Å². The zero-order valence-electron chi connectivity index (χ0n) is 6.91. The molecule has 0 spiro atoms. The molecule has 1 heterocycles. The van der Waals surface area contributed by atoms with E-state index in [2.05, 4.69) is 4.74 Å². The summed E-state index contributed by atoms with van der Waals surface area (Å²) >= 11 is 4.89. The van der Waals surface area contributed by atoms with Crippen LogP contribution in [0.5, 0.6) is 0 Å². The fourth-order valence-corrected chi connectivity index (χ4v) is 1.25. The number of methoxy groups -OCH3 is 1. The Morgan fingerprint density at radius 2 is 2.08 bits per heavy atom. The molecule has 0 bridgehead atoms. The lowest BCUT2D eigenvalue weighted by Crippen LogP contribution is -2.43. The van der Waals surface area contributed by atoms with Crippen LogP contribution in [-0.2, 0) is 14.3 Å². The van der Waals surface area contributed by atoms with Crippen LogP contribution < -0.4 is 0 Å². The van der Waals surface area contributed by atoms with Gasteiger partial charge in [0.25, 0.3) is 0 Å². The van der Waals surface area contributed by atoms with E-state index in [0.717, 1.165) is 0 Å². The molecule has 0 aromatic rings. The molecule has 1 aliphatic rings. The molecule has 1 fully saturated rings. The van der Waals surface area contributed by atoms with E-state index in [-0.39, 0.29) is 4.99 Å². The van der Waals surface area contributed by atoms with Crippen LogP contribution in [0.1, 0.15) is 0 Å². The van der Waals surface area contributed by atoms with Gasteiger partial charge in [0.15, 0.2) is 4.99 Å². The lowest BCUT2D eigenvalue weighted by Gasteiger charge is -2.27. The van der Waals surface area contributed by atoms with Gasteiger partial charge in [-0.2, -0.15) is 0 Å². The van der Waals surface area contributed by atoms with E-state index in [9.17, 15) is 4.79 Å². The van der Waals surface area contributed by atoms with Gasteiger partial charge in [-0.3, -0.25) is 0 Å². The third kappa shape index (κ3) is 2.15. The highest BCUT2D eigenvalue weighted by Crippen LogP contribution is 1.99. The highest BCUT2D eigenvalue weighted by atomic mass is 32.1. The quantitative estimate of drug-likeness (QED) is 0.390. The van der Waals surface area contributed by atoms with Crippen molar-refractivity contribution in [3.8, 4) is 0 Å². The second-order valence-corrected chi connectivity index (χ2v) is 2.78. The zero-order chi connectivity index (χ0) is 8.97. The molecular formula is C7H11NO3S. The van der Waals surface area contributed by atoms with E-state index < -0.39 is 5.97 Å². The van der Waals surface area contributed by atoms with Gasteiger partial charge in [-0.1, -0.05) is 12.2 Å². The van der Waals surface area contributed by atoms with Crippen LogP contribution in [0.3, 0.4) is 0 Å². The first-order valence-corrected chi connectivity index (χ1v) is 4.11. The third-order valence-corrected chi connectivity index (χ3v) is 2.08. The van der Waals surface area contributed by atoms with Gasteiger partial charge in [-0.25, -0.2) is 4.79 Å². The van der Waals surface area contributed by atoms with Crippen molar-refractivity contribution in [2.75, 3.05) is 33.4 Å². The summed E-state index contributed by atoms with van der Waals surface area (Å²) in [7, 11) is 1.33. The van der Waals surface area contributed by atoms with E-state index in [1.165, 1.54) is 7.11 Å². The number of esters is 1. The molecule has 0 atom stereocenters. The predicted molar refractivity (Wildman–Crippen MR) is 47.0 cm³/mol. The third-order valence-electron chi connectivity index (χ3n) is 1.66. The molecule has 0 aromatic heterocycles. The van der Waals surface area contributed by atoms with Crippen molar-refractivity contribution >= 4 is 23.2 Å². The molecule has 0 unspecified atom stereocenters. The first kappa shape index (κ1) is 9.41. The number of thiocarbonyl (C=S) groups is 1. The number of carbonyl (C=O) groups excluding carboxylic acids is 1. The summed E-state index contributed by atoms with van der Waals surface area (Å²) in [5, 5.41) is 0. The molecule has 0 amide bonds. The predicted octanol–water partition coefficient (Wildman–Crippen LogP) is -0.181. The lowest BCUT2D eigenvalue weighted by atomic mass is 10.4. The number of hydrogen-bond donors (Lipinski definition) is 0. The average Bonchev–Trinajstić information content (AvgIpc) is 2.17. The van der Waals surface area contributed by atoms with Crippen LogP contribution >= 0.6 is 12.2 Å². The van der Waals surface area contributed by atoms with Crippen LogP contribution in [0.4, 0.5) is 0 Å². The standard InChI is InChI=1S/C7H11NO3S/c1-10-7(9)6(12)8-2-4-11-5-3-8/h2-5H2,1H3. The second kappa shape index (κ2) is 4.37. The van der Waals surface area contributed by atoms with Gasteiger partial charge in [-0.15, -0.1) is 0 Å². The topological polar surface area (TPSA) is 38.8 Å². The van der Waals surface area contributed by atoms with E-state index in [1.807, 2.05) is 0 Å². The van der Waals surface area contributed by atoms with Crippen LogP contribution in [0, 0.1) is 0 Å². The van der Waals surface area contributed by atoms with Gasteiger partial charge in [0.2, 0.25) is 0 Å². The summed E-state index contributed by atoms with van der Waals surface area (Å²) in [5.74, 6) is -0.438. The smallest absolute Gasteiger partial charge is 0.365 e. The fourth-order valence-electron chi connectivity index (χ4n) is 0.983. The zero-order valence-corrected chi connectivity index (χ0v) is 7.73. The number of hydrogen-bond acceptors (Lipinski definition) is 4. The maximum atomic E-state index is 11.0. The van der Waals surface area contributed by atoms with E-state index in [0.29, 0.717) is 26.3 Å². The van der Waals surface area contributed by atoms with Crippen molar-refractivity contribution in [3.05, 3.63) is 0 Å². The minimum absolute atomic E-state index is 0.251. The molecule has 0 aromatic carbocycles. The molecule has 1 saturated heterocycles. The van der Waals surface area contributed by atoms with E-state index in [4.69, 9.17) is 17.0 Å². The average molecular weight is 189 g/mol. The molecule has 0 radical (unpaired) electrons. The van der Waals surface area contributed by atoms with Crippen molar-refractivity contribution in [2.24, 2.45) is 0 Å². The molecule has 0 saturated carbocycles. The number of nitrogens with zero attached hydrogens (tertiary/aromatic N) is 1. The molecule has 5 heteroatoms. The molecule has 1 rings (SSSR count). The minimum Gasteiger partial charge on any atom is -0.464 e. The normalized spacial score (nSPS) is 17.2. The summed E-state index contributed by atoms with van der Waals surface area (Å²) in [4.78, 5) is 13.0. The van der Waals surface area contributed by atoms with Crippen molar-refractivity contribution in [1.29, 1.82) is 0 Å². The van der Waals surface area contributed by atoms with Crippen molar-refractivity contribution in [3.63, 3.8) is 0 Å². The summed E-state index contributed by atoms with van der Waals surface area (Å²) in [6.45, 7) is 2.59. The Labute approximate surface area is 76.4 Å². The maximum Gasteiger partial charge on any atom is 0.365 e. The first-order valence-electron chi connectivity index (χ1n) is 3.70. The van der Waals surface area contributed by atoms with Gasteiger partial charge in [0.05, 0.1) is 20.3 Å². The minimum atomic E-state index is -0.438. The SMILES string of the molecule is COC(=O)C(=S)N1CCOCC1. The molecule has 0 N–H and O–H groups in total. The largest absolute Gasteiger partial charge is 0.464 e. The Morgan fingerprint density at radius 3 is 2.58 bits per heavy atom. The maximum absolute atomic E-state index is 11.0.